The fourth-order valence-electron chi connectivity index (χ4n) is 3.49. The maximum atomic E-state index is 12.7. The second-order valence-electron chi connectivity index (χ2n) is 7.86. The van der Waals surface area contributed by atoms with Crippen LogP contribution in [0.3, 0.4) is 0 Å². The topological polar surface area (TPSA) is 105 Å². The predicted octanol–water partition coefficient (Wildman–Crippen LogP) is 3.45. The molecular formula is C23H29N3O5S. The number of nitrogens with one attached hydrogen (secondary N) is 2. The van der Waals surface area contributed by atoms with Gasteiger partial charge in [-0.3, -0.25) is 9.52 Å². The summed E-state index contributed by atoms with van der Waals surface area (Å²) < 4.78 is 32.9. The van der Waals surface area contributed by atoms with Crippen LogP contribution in [-0.2, 0) is 14.8 Å². The van der Waals surface area contributed by atoms with Crippen LogP contribution in [0.2, 0.25) is 0 Å². The van der Waals surface area contributed by atoms with E-state index in [9.17, 15) is 18.0 Å². The van der Waals surface area contributed by atoms with Gasteiger partial charge in [0.1, 0.15) is 0 Å². The molecule has 1 fully saturated rings. The van der Waals surface area contributed by atoms with Gasteiger partial charge in [0.25, 0.3) is 15.9 Å². The van der Waals surface area contributed by atoms with Gasteiger partial charge in [0, 0.05) is 30.4 Å². The van der Waals surface area contributed by atoms with Crippen molar-refractivity contribution in [3.05, 3.63) is 59.2 Å². The van der Waals surface area contributed by atoms with Gasteiger partial charge in [0.05, 0.1) is 11.5 Å². The SMILES string of the molecule is CCOC(=O)N1CCC(NC(=O)c2ccc(S(=O)(=O)Nc3ccc(C)c(C)c3)cc2)CC1. The van der Waals surface area contributed by atoms with Crippen molar-refractivity contribution in [2.45, 2.75) is 44.6 Å². The number of anilines is 1. The Hall–Kier alpha value is -3.07. The summed E-state index contributed by atoms with van der Waals surface area (Å²) >= 11 is 0. The molecule has 2 aromatic rings. The van der Waals surface area contributed by atoms with E-state index < -0.39 is 10.0 Å². The zero-order valence-corrected chi connectivity index (χ0v) is 19.4. The number of sulfonamides is 1. The summed E-state index contributed by atoms with van der Waals surface area (Å²) in [7, 11) is -3.76. The van der Waals surface area contributed by atoms with Crippen LogP contribution in [0, 0.1) is 13.8 Å². The number of amides is 2. The molecule has 0 radical (unpaired) electrons. The Kier molecular flexibility index (Phi) is 7.40. The van der Waals surface area contributed by atoms with Crippen molar-refractivity contribution in [1.82, 2.24) is 10.2 Å². The molecule has 32 heavy (non-hydrogen) atoms. The van der Waals surface area contributed by atoms with Crippen LogP contribution in [0.25, 0.3) is 0 Å². The number of nitrogens with zero attached hydrogens (tertiary/aromatic N) is 1. The van der Waals surface area contributed by atoms with E-state index in [2.05, 4.69) is 10.0 Å². The fourth-order valence-corrected chi connectivity index (χ4v) is 4.54. The van der Waals surface area contributed by atoms with Gasteiger partial charge in [-0.25, -0.2) is 13.2 Å². The summed E-state index contributed by atoms with van der Waals surface area (Å²) in [6.07, 6.45) is 0.942. The number of piperidine rings is 1. The van der Waals surface area contributed by atoms with Crippen molar-refractivity contribution < 1.29 is 22.7 Å². The third-order valence-electron chi connectivity index (χ3n) is 5.54. The van der Waals surface area contributed by atoms with Crippen molar-refractivity contribution in [1.29, 1.82) is 0 Å². The molecule has 8 nitrogen and oxygen atoms in total. The lowest BCUT2D eigenvalue weighted by molar-refractivity contribution is 0.0860. The van der Waals surface area contributed by atoms with E-state index in [1.54, 1.807) is 24.0 Å². The van der Waals surface area contributed by atoms with Gasteiger partial charge in [-0.05, 0) is 81.1 Å². The highest BCUT2D eigenvalue weighted by molar-refractivity contribution is 7.92. The van der Waals surface area contributed by atoms with Crippen molar-refractivity contribution in [2.24, 2.45) is 0 Å². The van der Waals surface area contributed by atoms with Crippen LogP contribution in [0.15, 0.2) is 47.4 Å². The standard InChI is InChI=1S/C23H29N3O5S/c1-4-31-23(28)26-13-11-19(12-14-26)24-22(27)18-6-9-21(10-7-18)32(29,30)25-20-8-5-16(2)17(3)15-20/h5-10,15,19,25H,4,11-14H2,1-3H3,(H,24,27). The Morgan fingerprint density at radius 3 is 2.28 bits per heavy atom. The molecule has 1 saturated heterocycles. The van der Waals surface area contributed by atoms with Crippen LogP contribution in [-0.4, -0.2) is 51.1 Å². The smallest absolute Gasteiger partial charge is 0.409 e. The molecule has 0 spiro atoms. The second-order valence-corrected chi connectivity index (χ2v) is 9.55. The van der Waals surface area contributed by atoms with Gasteiger partial charge in [-0.1, -0.05) is 6.07 Å². The fraction of sp³-hybridized carbons (Fsp3) is 0.391. The largest absolute Gasteiger partial charge is 0.450 e. The number of benzene rings is 2. The first-order valence-electron chi connectivity index (χ1n) is 10.6. The minimum atomic E-state index is -3.76. The van der Waals surface area contributed by atoms with E-state index in [0.29, 0.717) is 43.8 Å². The number of ether oxygens (including phenoxy) is 1. The van der Waals surface area contributed by atoms with E-state index in [4.69, 9.17) is 4.74 Å². The molecule has 0 bridgehead atoms. The van der Waals surface area contributed by atoms with Gasteiger partial charge in [0.2, 0.25) is 0 Å². The molecule has 2 aromatic carbocycles. The highest BCUT2D eigenvalue weighted by Crippen LogP contribution is 2.20. The Bertz CT molecular complexity index is 1080. The van der Waals surface area contributed by atoms with Crippen LogP contribution in [0.4, 0.5) is 10.5 Å². The highest BCUT2D eigenvalue weighted by atomic mass is 32.2. The number of carbonyl (C=O) groups is 2. The van der Waals surface area contributed by atoms with Gasteiger partial charge in [0.15, 0.2) is 0 Å². The van der Waals surface area contributed by atoms with E-state index >= 15 is 0 Å². The molecule has 0 aliphatic carbocycles. The normalized spacial score (nSPS) is 14.7. The maximum absolute atomic E-state index is 12.7. The summed E-state index contributed by atoms with van der Waals surface area (Å²) in [6.45, 7) is 7.01. The summed E-state index contributed by atoms with van der Waals surface area (Å²) in [4.78, 5) is 26.1. The molecule has 0 aromatic heterocycles. The predicted molar refractivity (Wildman–Crippen MR) is 122 cm³/mol. The lowest BCUT2D eigenvalue weighted by atomic mass is 10.0. The second kappa shape index (κ2) is 10.0. The number of carbonyl (C=O) groups excluding carboxylic acids is 2. The van der Waals surface area contributed by atoms with E-state index in [-0.39, 0.29) is 22.9 Å². The average molecular weight is 460 g/mol. The van der Waals surface area contributed by atoms with E-state index in [1.165, 1.54) is 24.3 Å². The van der Waals surface area contributed by atoms with Crippen molar-refractivity contribution in [3.8, 4) is 0 Å². The van der Waals surface area contributed by atoms with Crippen molar-refractivity contribution in [3.63, 3.8) is 0 Å². The summed E-state index contributed by atoms with van der Waals surface area (Å²) in [5.74, 6) is -0.273. The van der Waals surface area contributed by atoms with Crippen LogP contribution in [0.5, 0.6) is 0 Å². The molecule has 9 heteroatoms. The van der Waals surface area contributed by atoms with Crippen LogP contribution < -0.4 is 10.0 Å². The Morgan fingerprint density at radius 1 is 1.03 bits per heavy atom. The molecule has 2 N–H and O–H groups in total. The summed E-state index contributed by atoms with van der Waals surface area (Å²) in [5, 5.41) is 2.95. The Balaban J connectivity index is 1.58. The molecule has 172 valence electrons. The first kappa shape index (κ1) is 23.6. The van der Waals surface area contributed by atoms with E-state index in [1.807, 2.05) is 19.9 Å². The molecule has 1 heterocycles. The molecule has 3 rings (SSSR count). The number of aryl methyl sites for hydroxylation is 2. The van der Waals surface area contributed by atoms with E-state index in [0.717, 1.165) is 11.1 Å². The minimum Gasteiger partial charge on any atom is -0.450 e. The first-order valence-corrected chi connectivity index (χ1v) is 12.1. The highest BCUT2D eigenvalue weighted by Gasteiger charge is 2.25. The van der Waals surface area contributed by atoms with Gasteiger partial charge in [-0.15, -0.1) is 0 Å². The minimum absolute atomic E-state index is 0.0528. The van der Waals surface area contributed by atoms with Gasteiger partial charge in [-0.2, -0.15) is 0 Å². The number of rotatable bonds is 6. The number of hydrogen-bond donors (Lipinski definition) is 2. The van der Waals surface area contributed by atoms with Gasteiger partial charge < -0.3 is 15.0 Å². The molecule has 2 amide bonds. The lowest BCUT2D eigenvalue weighted by Crippen LogP contribution is -2.46. The summed E-state index contributed by atoms with van der Waals surface area (Å²) in [5.41, 5.74) is 2.94. The Labute approximate surface area is 189 Å². The number of hydrogen-bond acceptors (Lipinski definition) is 5. The molecule has 0 unspecified atom stereocenters. The lowest BCUT2D eigenvalue weighted by Gasteiger charge is -2.31. The van der Waals surface area contributed by atoms with Crippen molar-refractivity contribution in [2.75, 3.05) is 24.4 Å². The molecular weight excluding hydrogens is 430 g/mol. The molecule has 1 aliphatic heterocycles. The zero-order valence-electron chi connectivity index (χ0n) is 18.6. The summed E-state index contributed by atoms with van der Waals surface area (Å²) in [6, 6.07) is 11.1. The molecule has 1 aliphatic rings. The monoisotopic (exact) mass is 459 g/mol. The van der Waals surface area contributed by atoms with Crippen LogP contribution in [0.1, 0.15) is 41.3 Å². The van der Waals surface area contributed by atoms with Crippen molar-refractivity contribution >= 4 is 27.7 Å². The van der Waals surface area contributed by atoms with Gasteiger partial charge >= 0.3 is 6.09 Å². The third-order valence-corrected chi connectivity index (χ3v) is 6.94. The quantitative estimate of drug-likeness (QED) is 0.688. The zero-order chi connectivity index (χ0) is 23.3. The average Bonchev–Trinajstić information content (AvgIpc) is 2.77. The number of likely N-dealkylation sites (tertiary alicyclic amines) is 1. The molecule has 0 saturated carbocycles. The maximum Gasteiger partial charge on any atom is 0.409 e. The molecule has 0 atom stereocenters. The third kappa shape index (κ3) is 5.79. The first-order chi connectivity index (χ1) is 15.2. The van der Waals surface area contributed by atoms with Crippen LogP contribution >= 0.6 is 0 Å². The Morgan fingerprint density at radius 2 is 1.69 bits per heavy atom.